The summed E-state index contributed by atoms with van der Waals surface area (Å²) in [6.45, 7) is 0. The Morgan fingerprint density at radius 2 is 1.89 bits per heavy atom. The van der Waals surface area contributed by atoms with Crippen molar-refractivity contribution in [2.45, 2.75) is 5.33 Å². The van der Waals surface area contributed by atoms with Crippen molar-refractivity contribution in [1.29, 1.82) is 0 Å². The van der Waals surface area contributed by atoms with Crippen LogP contribution in [0.15, 0.2) is 50.1 Å². The first-order valence-corrected chi connectivity index (χ1v) is 7.32. The largest absolute Gasteiger partial charge is 0.455 e. The van der Waals surface area contributed by atoms with Gasteiger partial charge in [0.25, 0.3) is 0 Å². The minimum atomic E-state index is 0.0163. The van der Waals surface area contributed by atoms with Crippen LogP contribution in [0.1, 0.15) is 5.56 Å². The van der Waals surface area contributed by atoms with Crippen molar-refractivity contribution in [3.05, 3.63) is 56.7 Å². The van der Waals surface area contributed by atoms with Crippen LogP contribution in [0, 0.1) is 0 Å². The molecule has 1 heterocycles. The van der Waals surface area contributed by atoms with Crippen molar-refractivity contribution in [1.82, 2.24) is 0 Å². The van der Waals surface area contributed by atoms with Gasteiger partial charge in [-0.05, 0) is 39.7 Å². The number of rotatable bonds is 1. The topological polar surface area (TPSA) is 30.2 Å². The van der Waals surface area contributed by atoms with E-state index in [-0.39, 0.29) is 5.43 Å². The summed E-state index contributed by atoms with van der Waals surface area (Å²) >= 11 is 6.84. The van der Waals surface area contributed by atoms with Crippen LogP contribution in [0.5, 0.6) is 0 Å². The number of benzene rings is 2. The van der Waals surface area contributed by atoms with Crippen LogP contribution < -0.4 is 5.43 Å². The predicted octanol–water partition coefficient (Wildman–Crippen LogP) is 4.60. The molecule has 0 aliphatic rings. The highest BCUT2D eigenvalue weighted by Crippen LogP contribution is 2.28. The highest BCUT2D eigenvalue weighted by Gasteiger charge is 2.13. The summed E-state index contributed by atoms with van der Waals surface area (Å²) in [6, 6.07) is 11.1. The zero-order valence-electron chi connectivity index (χ0n) is 9.24. The van der Waals surface area contributed by atoms with E-state index < -0.39 is 0 Å². The first-order chi connectivity index (χ1) is 8.72. The summed E-state index contributed by atoms with van der Waals surface area (Å²) in [5, 5.41) is 1.88. The van der Waals surface area contributed by atoms with Gasteiger partial charge in [-0.3, -0.25) is 4.79 Å². The molecule has 18 heavy (non-hydrogen) atoms. The third-order valence-corrected chi connectivity index (χ3v) is 4.14. The molecule has 0 saturated heterocycles. The molecule has 2 aromatic carbocycles. The minimum Gasteiger partial charge on any atom is -0.455 e. The van der Waals surface area contributed by atoms with Gasteiger partial charge in [-0.15, -0.1) is 0 Å². The summed E-state index contributed by atoms with van der Waals surface area (Å²) < 4.78 is 6.63. The van der Waals surface area contributed by atoms with Crippen LogP contribution >= 0.6 is 31.9 Å². The molecule has 0 fully saturated rings. The number of hydrogen-bond acceptors (Lipinski definition) is 2. The van der Waals surface area contributed by atoms with Gasteiger partial charge in [-0.1, -0.05) is 34.1 Å². The summed E-state index contributed by atoms with van der Waals surface area (Å²) in [4.78, 5) is 12.5. The molecule has 90 valence electrons. The molecule has 0 aliphatic carbocycles. The second kappa shape index (κ2) is 4.52. The monoisotopic (exact) mass is 366 g/mol. The Hall–Kier alpha value is -1.13. The molecule has 0 bridgehead atoms. The molecule has 0 saturated carbocycles. The Bertz CT molecular complexity index is 806. The minimum absolute atomic E-state index is 0.0163. The zero-order valence-corrected chi connectivity index (χ0v) is 12.4. The summed E-state index contributed by atoms with van der Waals surface area (Å²) in [6.07, 6.45) is 0. The van der Waals surface area contributed by atoms with Gasteiger partial charge in [-0.25, -0.2) is 0 Å². The maximum Gasteiger partial charge on any atom is 0.200 e. The SMILES string of the molecule is O=c1c2ccccc2oc2c(Br)ccc(CBr)c12. The van der Waals surface area contributed by atoms with E-state index in [4.69, 9.17) is 4.42 Å². The molecule has 0 atom stereocenters. The lowest BCUT2D eigenvalue weighted by Gasteiger charge is -2.06. The lowest BCUT2D eigenvalue weighted by molar-refractivity contribution is 0.657. The van der Waals surface area contributed by atoms with Gasteiger partial charge in [0.2, 0.25) is 5.43 Å². The van der Waals surface area contributed by atoms with Crippen LogP contribution in [0.4, 0.5) is 0 Å². The maximum atomic E-state index is 12.5. The van der Waals surface area contributed by atoms with E-state index in [0.717, 1.165) is 10.0 Å². The number of hydrogen-bond donors (Lipinski definition) is 0. The second-order valence-corrected chi connectivity index (χ2v) is 5.39. The van der Waals surface area contributed by atoms with E-state index in [9.17, 15) is 4.79 Å². The van der Waals surface area contributed by atoms with Gasteiger partial charge in [0.15, 0.2) is 5.58 Å². The Kier molecular flexibility index (Phi) is 2.99. The van der Waals surface area contributed by atoms with Crippen molar-refractivity contribution < 1.29 is 4.42 Å². The van der Waals surface area contributed by atoms with Crippen molar-refractivity contribution in [2.75, 3.05) is 0 Å². The number of halogens is 2. The molecule has 0 aliphatic heterocycles. The second-order valence-electron chi connectivity index (χ2n) is 3.97. The first-order valence-electron chi connectivity index (χ1n) is 5.41. The van der Waals surface area contributed by atoms with Gasteiger partial charge in [0, 0.05) is 5.33 Å². The Labute approximate surface area is 120 Å². The quantitative estimate of drug-likeness (QED) is 0.464. The van der Waals surface area contributed by atoms with Crippen LogP contribution in [0.3, 0.4) is 0 Å². The van der Waals surface area contributed by atoms with E-state index in [1.54, 1.807) is 6.07 Å². The van der Waals surface area contributed by atoms with Crippen LogP contribution in [-0.4, -0.2) is 0 Å². The van der Waals surface area contributed by atoms with Crippen molar-refractivity contribution in [3.63, 3.8) is 0 Å². The average molecular weight is 368 g/mol. The molecule has 0 radical (unpaired) electrons. The van der Waals surface area contributed by atoms with Gasteiger partial charge < -0.3 is 4.42 Å². The van der Waals surface area contributed by atoms with Gasteiger partial charge in [0.1, 0.15) is 5.58 Å². The van der Waals surface area contributed by atoms with E-state index >= 15 is 0 Å². The molecule has 3 aromatic rings. The third-order valence-electron chi connectivity index (χ3n) is 2.91. The number of para-hydroxylation sites is 1. The fraction of sp³-hybridized carbons (Fsp3) is 0.0714. The standard InChI is InChI=1S/C14H8Br2O2/c15-7-8-5-6-10(16)14-12(8)13(17)9-3-1-2-4-11(9)18-14/h1-6H,7H2. The van der Waals surface area contributed by atoms with Crippen molar-refractivity contribution in [2.24, 2.45) is 0 Å². The first kappa shape index (κ1) is 11.9. The zero-order chi connectivity index (χ0) is 12.7. The molecule has 0 amide bonds. The molecule has 0 N–H and O–H groups in total. The fourth-order valence-corrected chi connectivity index (χ4v) is 2.92. The molecule has 1 aromatic heterocycles. The van der Waals surface area contributed by atoms with Crippen molar-refractivity contribution >= 4 is 53.8 Å². The predicted molar refractivity (Wildman–Crippen MR) is 80.3 cm³/mol. The fourth-order valence-electron chi connectivity index (χ4n) is 2.05. The average Bonchev–Trinajstić information content (AvgIpc) is 2.40. The van der Waals surface area contributed by atoms with Gasteiger partial charge in [0.05, 0.1) is 15.2 Å². The Morgan fingerprint density at radius 3 is 2.67 bits per heavy atom. The van der Waals surface area contributed by atoms with Crippen molar-refractivity contribution in [3.8, 4) is 0 Å². The number of alkyl halides is 1. The van der Waals surface area contributed by atoms with E-state index in [2.05, 4.69) is 31.9 Å². The summed E-state index contributed by atoms with van der Waals surface area (Å²) in [5.41, 5.74) is 2.17. The highest BCUT2D eigenvalue weighted by molar-refractivity contribution is 9.10. The molecule has 0 spiro atoms. The summed E-state index contributed by atoms with van der Waals surface area (Å²) in [5.74, 6) is 0. The molecule has 4 heteroatoms. The maximum absolute atomic E-state index is 12.5. The van der Waals surface area contributed by atoms with E-state index in [1.807, 2.05) is 30.3 Å². The van der Waals surface area contributed by atoms with Gasteiger partial charge in [-0.2, -0.15) is 0 Å². The Morgan fingerprint density at radius 1 is 1.11 bits per heavy atom. The third kappa shape index (κ3) is 1.71. The van der Waals surface area contributed by atoms with E-state index in [1.165, 1.54) is 0 Å². The lowest BCUT2D eigenvalue weighted by atomic mass is 10.1. The molecular weight excluding hydrogens is 360 g/mol. The lowest BCUT2D eigenvalue weighted by Crippen LogP contribution is -2.04. The van der Waals surface area contributed by atoms with Crippen LogP contribution in [0.25, 0.3) is 21.9 Å². The molecule has 0 unspecified atom stereocenters. The molecule has 2 nitrogen and oxygen atoms in total. The van der Waals surface area contributed by atoms with E-state index in [0.29, 0.717) is 27.3 Å². The van der Waals surface area contributed by atoms with Gasteiger partial charge >= 0.3 is 0 Å². The van der Waals surface area contributed by atoms with Crippen LogP contribution in [-0.2, 0) is 5.33 Å². The summed E-state index contributed by atoms with van der Waals surface area (Å²) in [7, 11) is 0. The highest BCUT2D eigenvalue weighted by atomic mass is 79.9. The Balaban J connectivity index is 2.64. The molecule has 3 rings (SSSR count). The number of fused-ring (bicyclic) bond motifs is 2. The smallest absolute Gasteiger partial charge is 0.200 e. The van der Waals surface area contributed by atoms with Crippen LogP contribution in [0.2, 0.25) is 0 Å². The molecular formula is C14H8Br2O2. The normalized spacial score (nSPS) is 11.2.